The highest BCUT2D eigenvalue weighted by Crippen LogP contribution is 2.30. The molecule has 1 fully saturated rings. The maximum absolute atomic E-state index is 12.9. The summed E-state index contributed by atoms with van der Waals surface area (Å²) in [7, 11) is -3.58. The van der Waals surface area contributed by atoms with Crippen molar-refractivity contribution < 1.29 is 17.6 Å². The lowest BCUT2D eigenvalue weighted by Gasteiger charge is -2.19. The normalized spacial score (nSPS) is 15.3. The molecule has 0 aliphatic carbocycles. The minimum atomic E-state index is -3.58. The molecule has 0 atom stereocenters. The van der Waals surface area contributed by atoms with Gasteiger partial charge < -0.3 is 4.42 Å². The van der Waals surface area contributed by atoms with Crippen molar-refractivity contribution in [1.29, 1.82) is 0 Å². The molecule has 3 aromatic rings. The van der Waals surface area contributed by atoms with Gasteiger partial charge in [0.1, 0.15) is 0 Å². The number of benzene rings is 2. The maximum atomic E-state index is 12.9. The van der Waals surface area contributed by atoms with Crippen molar-refractivity contribution in [2.75, 3.05) is 18.4 Å². The highest BCUT2D eigenvalue weighted by molar-refractivity contribution is 7.89. The van der Waals surface area contributed by atoms with Crippen molar-refractivity contribution in [3.05, 3.63) is 58.1 Å². The van der Waals surface area contributed by atoms with Crippen LogP contribution in [-0.4, -0.2) is 41.9 Å². The van der Waals surface area contributed by atoms with Gasteiger partial charge in [-0.1, -0.05) is 41.1 Å². The number of anilines is 1. The third-order valence-electron chi connectivity index (χ3n) is 5.12. The third-order valence-corrected chi connectivity index (χ3v) is 7.60. The number of sulfonamides is 1. The van der Waals surface area contributed by atoms with Gasteiger partial charge in [0.15, 0.2) is 0 Å². The number of hydrogen-bond acceptors (Lipinski definition) is 6. The summed E-state index contributed by atoms with van der Waals surface area (Å²) in [6.45, 7) is 1.03. The molecule has 1 aliphatic rings. The molecule has 1 aromatic heterocycles. The van der Waals surface area contributed by atoms with Gasteiger partial charge in [0.25, 0.3) is 11.8 Å². The van der Waals surface area contributed by atoms with Crippen LogP contribution < -0.4 is 5.32 Å². The zero-order chi connectivity index (χ0) is 22.7. The van der Waals surface area contributed by atoms with E-state index in [1.807, 2.05) is 0 Å². The molecule has 8 nitrogen and oxygen atoms in total. The quantitative estimate of drug-likeness (QED) is 0.542. The fourth-order valence-electron chi connectivity index (χ4n) is 3.42. The van der Waals surface area contributed by atoms with E-state index in [0.717, 1.165) is 25.7 Å². The summed E-state index contributed by atoms with van der Waals surface area (Å²) in [4.78, 5) is 12.7. The van der Waals surface area contributed by atoms with E-state index in [2.05, 4.69) is 15.5 Å². The Morgan fingerprint density at radius 1 is 0.969 bits per heavy atom. The van der Waals surface area contributed by atoms with Crippen molar-refractivity contribution in [2.24, 2.45) is 0 Å². The molecule has 0 spiro atoms. The van der Waals surface area contributed by atoms with Gasteiger partial charge in [-0.25, -0.2) is 8.42 Å². The second kappa shape index (κ2) is 9.58. The average molecular weight is 495 g/mol. The molecular weight excluding hydrogens is 475 g/mol. The number of hydrogen-bond donors (Lipinski definition) is 1. The third kappa shape index (κ3) is 4.96. The Hall–Kier alpha value is -2.46. The van der Waals surface area contributed by atoms with Gasteiger partial charge in [0.2, 0.25) is 10.0 Å². The fraction of sp³-hybridized carbons (Fsp3) is 0.286. The minimum absolute atomic E-state index is 0.103. The second-order valence-electron chi connectivity index (χ2n) is 7.33. The van der Waals surface area contributed by atoms with Gasteiger partial charge in [-0.15, -0.1) is 5.10 Å². The Morgan fingerprint density at radius 2 is 1.66 bits per heavy atom. The predicted molar refractivity (Wildman–Crippen MR) is 121 cm³/mol. The molecule has 2 heterocycles. The summed E-state index contributed by atoms with van der Waals surface area (Å²) >= 11 is 12.1. The first-order valence-corrected chi connectivity index (χ1v) is 12.2. The van der Waals surface area contributed by atoms with E-state index in [1.165, 1.54) is 28.6 Å². The predicted octanol–water partition coefficient (Wildman–Crippen LogP) is 4.86. The molecule has 0 bridgehead atoms. The summed E-state index contributed by atoms with van der Waals surface area (Å²) in [6, 6.07) is 10.4. The van der Waals surface area contributed by atoms with E-state index in [-0.39, 0.29) is 22.4 Å². The van der Waals surface area contributed by atoms with Crippen molar-refractivity contribution in [1.82, 2.24) is 14.5 Å². The Bertz CT molecular complexity index is 1220. The number of amides is 1. The zero-order valence-corrected chi connectivity index (χ0v) is 19.3. The molecule has 1 N–H and O–H groups in total. The summed E-state index contributed by atoms with van der Waals surface area (Å²) in [5.41, 5.74) is 0.690. The molecule has 32 heavy (non-hydrogen) atoms. The van der Waals surface area contributed by atoms with Gasteiger partial charge in [-0.3, -0.25) is 10.1 Å². The van der Waals surface area contributed by atoms with Crippen molar-refractivity contribution in [2.45, 2.75) is 30.6 Å². The molecule has 1 saturated heterocycles. The Balaban J connectivity index is 1.47. The number of rotatable bonds is 5. The van der Waals surface area contributed by atoms with Gasteiger partial charge in [-0.05, 0) is 55.3 Å². The zero-order valence-electron chi connectivity index (χ0n) is 16.9. The number of nitrogens with zero attached hydrogens (tertiary/aromatic N) is 3. The highest BCUT2D eigenvalue weighted by atomic mass is 35.5. The van der Waals surface area contributed by atoms with Crippen molar-refractivity contribution >= 4 is 45.1 Å². The molecule has 2 aromatic carbocycles. The van der Waals surface area contributed by atoms with E-state index in [0.29, 0.717) is 28.7 Å². The number of carbonyl (C=O) groups excluding carboxylic acids is 1. The van der Waals surface area contributed by atoms with Crippen LogP contribution in [0.25, 0.3) is 11.5 Å². The van der Waals surface area contributed by atoms with Gasteiger partial charge in [0.05, 0.1) is 15.5 Å². The molecule has 1 aliphatic heterocycles. The van der Waals surface area contributed by atoms with E-state index in [1.54, 1.807) is 18.2 Å². The van der Waals surface area contributed by atoms with Crippen LogP contribution in [0.1, 0.15) is 36.0 Å². The molecule has 11 heteroatoms. The minimum Gasteiger partial charge on any atom is -0.403 e. The van der Waals surface area contributed by atoms with Crippen molar-refractivity contribution in [3.8, 4) is 11.5 Å². The lowest BCUT2D eigenvalue weighted by Crippen LogP contribution is -2.31. The van der Waals surface area contributed by atoms with Crippen LogP contribution in [0.15, 0.2) is 51.8 Å². The van der Waals surface area contributed by atoms with E-state index in [9.17, 15) is 13.2 Å². The van der Waals surface area contributed by atoms with Crippen LogP contribution in [0.3, 0.4) is 0 Å². The maximum Gasteiger partial charge on any atom is 0.322 e. The van der Waals surface area contributed by atoms with Gasteiger partial charge in [0, 0.05) is 23.7 Å². The summed E-state index contributed by atoms with van der Waals surface area (Å²) < 4.78 is 32.7. The first-order chi connectivity index (χ1) is 15.3. The number of aromatic nitrogens is 2. The SMILES string of the molecule is O=C(Nc1nnc(-c2cc(Cl)ccc2Cl)o1)c1ccc(S(=O)(=O)N2CCCCCC2)cc1. The molecule has 0 radical (unpaired) electrons. The summed E-state index contributed by atoms with van der Waals surface area (Å²) in [5, 5.41) is 11.0. The monoisotopic (exact) mass is 494 g/mol. The fourth-order valence-corrected chi connectivity index (χ4v) is 5.31. The topological polar surface area (TPSA) is 105 Å². The molecule has 168 valence electrons. The number of halogens is 2. The van der Waals surface area contributed by atoms with Crippen LogP contribution in [0.4, 0.5) is 6.01 Å². The molecule has 0 saturated carbocycles. The Kier molecular flexibility index (Phi) is 6.80. The standard InChI is InChI=1S/C21H20Cl2N4O4S/c22-15-7-10-18(23)17(13-15)20-25-26-21(31-20)24-19(28)14-5-8-16(9-6-14)32(29,30)27-11-3-1-2-4-12-27/h5-10,13H,1-4,11-12H2,(H,24,26,28). The van der Waals surface area contributed by atoms with Gasteiger partial charge in [-0.2, -0.15) is 4.31 Å². The van der Waals surface area contributed by atoms with Crippen LogP contribution in [0, 0.1) is 0 Å². The molecule has 4 rings (SSSR count). The van der Waals surface area contributed by atoms with E-state index >= 15 is 0 Å². The Labute approximate surface area is 195 Å². The first-order valence-electron chi connectivity index (χ1n) is 10.0. The number of nitrogens with one attached hydrogen (secondary N) is 1. The lowest BCUT2D eigenvalue weighted by atomic mass is 10.2. The van der Waals surface area contributed by atoms with Gasteiger partial charge >= 0.3 is 6.01 Å². The Morgan fingerprint density at radius 3 is 2.34 bits per heavy atom. The van der Waals surface area contributed by atoms with Crippen molar-refractivity contribution in [3.63, 3.8) is 0 Å². The highest BCUT2D eigenvalue weighted by Gasteiger charge is 2.25. The van der Waals surface area contributed by atoms with E-state index < -0.39 is 15.9 Å². The van der Waals surface area contributed by atoms with Crippen LogP contribution >= 0.6 is 23.2 Å². The van der Waals surface area contributed by atoms with Crippen LogP contribution in [-0.2, 0) is 10.0 Å². The lowest BCUT2D eigenvalue weighted by molar-refractivity contribution is 0.102. The molecular formula is C21H20Cl2N4O4S. The smallest absolute Gasteiger partial charge is 0.322 e. The summed E-state index contributed by atoms with van der Waals surface area (Å²) in [5.74, 6) is -0.414. The molecule has 1 amide bonds. The first kappa shape index (κ1) is 22.7. The summed E-state index contributed by atoms with van der Waals surface area (Å²) in [6.07, 6.45) is 3.77. The largest absolute Gasteiger partial charge is 0.403 e. The van der Waals surface area contributed by atoms with E-state index in [4.69, 9.17) is 27.6 Å². The van der Waals surface area contributed by atoms with Crippen LogP contribution in [0.5, 0.6) is 0 Å². The molecule has 0 unspecified atom stereocenters. The average Bonchev–Trinajstić information content (AvgIpc) is 3.06. The second-order valence-corrected chi connectivity index (χ2v) is 10.1. The van der Waals surface area contributed by atoms with Crippen LogP contribution in [0.2, 0.25) is 10.0 Å². The number of carbonyl (C=O) groups is 1.